The number of rotatable bonds is 1. The molecule has 0 aromatic heterocycles. The molecule has 1 nitrogen and oxygen atoms in total. The molecule has 0 unspecified atom stereocenters. The van der Waals surface area contributed by atoms with E-state index in [1.807, 2.05) is 18.2 Å². The molecule has 1 aliphatic rings. The Labute approximate surface area is 66.8 Å². The molecule has 0 aromatic carbocycles. The molecule has 11 heavy (non-hydrogen) atoms. The molecule has 0 aromatic rings. The number of carbonyl (C=O) groups excluding carboxylic acids is 1. The lowest BCUT2D eigenvalue weighted by Crippen LogP contribution is -1.95. The topological polar surface area (TPSA) is 17.1 Å². The van der Waals surface area contributed by atoms with Crippen LogP contribution in [0.3, 0.4) is 0 Å². The summed E-state index contributed by atoms with van der Waals surface area (Å²) < 4.78 is 0. The largest absolute Gasteiger partial charge is 0.295 e. The SMILES string of the molecule is CC(=O)/C1=C/C=C\CC#CC1. The van der Waals surface area contributed by atoms with Crippen molar-refractivity contribution in [1.29, 1.82) is 0 Å². The number of carbonyl (C=O) groups is 1. The van der Waals surface area contributed by atoms with Crippen molar-refractivity contribution in [3.63, 3.8) is 0 Å². The first-order chi connectivity index (χ1) is 5.30. The molecule has 0 aliphatic heterocycles. The van der Waals surface area contributed by atoms with Crippen LogP contribution in [0.5, 0.6) is 0 Å². The van der Waals surface area contributed by atoms with E-state index in [-0.39, 0.29) is 5.78 Å². The molecule has 1 aliphatic carbocycles. The first-order valence-corrected chi connectivity index (χ1v) is 3.63. The zero-order valence-corrected chi connectivity index (χ0v) is 6.55. The molecule has 56 valence electrons. The van der Waals surface area contributed by atoms with Crippen molar-refractivity contribution in [3.05, 3.63) is 23.8 Å². The van der Waals surface area contributed by atoms with Gasteiger partial charge in [0.2, 0.25) is 0 Å². The molecule has 0 saturated heterocycles. The third-order valence-electron chi connectivity index (χ3n) is 1.51. The van der Waals surface area contributed by atoms with Crippen LogP contribution in [0.25, 0.3) is 0 Å². The monoisotopic (exact) mass is 146 g/mol. The highest BCUT2D eigenvalue weighted by molar-refractivity contribution is 5.94. The van der Waals surface area contributed by atoms with Crippen LogP contribution in [-0.2, 0) is 4.79 Å². The van der Waals surface area contributed by atoms with Gasteiger partial charge in [-0.25, -0.2) is 0 Å². The second kappa shape index (κ2) is 3.78. The maximum atomic E-state index is 10.9. The summed E-state index contributed by atoms with van der Waals surface area (Å²) >= 11 is 0. The summed E-state index contributed by atoms with van der Waals surface area (Å²) in [7, 11) is 0. The van der Waals surface area contributed by atoms with Crippen LogP contribution in [0.4, 0.5) is 0 Å². The van der Waals surface area contributed by atoms with Crippen LogP contribution in [0.1, 0.15) is 19.8 Å². The summed E-state index contributed by atoms with van der Waals surface area (Å²) in [6, 6.07) is 0. The highest BCUT2D eigenvalue weighted by atomic mass is 16.1. The van der Waals surface area contributed by atoms with Gasteiger partial charge in [-0.3, -0.25) is 4.79 Å². The number of ketones is 1. The van der Waals surface area contributed by atoms with Gasteiger partial charge in [0.05, 0.1) is 0 Å². The van der Waals surface area contributed by atoms with Crippen molar-refractivity contribution < 1.29 is 4.79 Å². The normalized spacial score (nSPS) is 23.2. The standard InChI is InChI=1S/C10H10O/c1-9(11)10-7-5-3-2-4-6-8-10/h3,5,7H,2,8H2,1H3/b5-3-,10-7+. The highest BCUT2D eigenvalue weighted by Gasteiger charge is 1.99. The zero-order chi connectivity index (χ0) is 8.10. The summed E-state index contributed by atoms with van der Waals surface area (Å²) in [6.07, 6.45) is 7.08. The molecule has 0 atom stereocenters. The van der Waals surface area contributed by atoms with Crippen molar-refractivity contribution >= 4 is 5.78 Å². The van der Waals surface area contributed by atoms with Gasteiger partial charge in [-0.2, -0.15) is 0 Å². The third kappa shape index (κ3) is 2.43. The number of hydrogen-bond acceptors (Lipinski definition) is 1. The Morgan fingerprint density at radius 2 is 2.36 bits per heavy atom. The second-order valence-corrected chi connectivity index (χ2v) is 2.41. The Morgan fingerprint density at radius 1 is 1.55 bits per heavy atom. The molecule has 0 spiro atoms. The molecule has 0 saturated carbocycles. The molecule has 0 radical (unpaired) electrons. The van der Waals surface area contributed by atoms with E-state index in [2.05, 4.69) is 11.8 Å². The Kier molecular flexibility index (Phi) is 2.68. The number of Topliss-reactive ketones (excluding diaryl/α,β-unsaturated/α-hetero) is 1. The van der Waals surface area contributed by atoms with Gasteiger partial charge in [0.25, 0.3) is 0 Å². The van der Waals surface area contributed by atoms with E-state index in [0.717, 1.165) is 12.0 Å². The van der Waals surface area contributed by atoms with E-state index in [9.17, 15) is 4.79 Å². The predicted molar refractivity (Wildman–Crippen MR) is 44.9 cm³/mol. The first kappa shape index (κ1) is 7.81. The van der Waals surface area contributed by atoms with Crippen LogP contribution in [0.15, 0.2) is 23.8 Å². The highest BCUT2D eigenvalue weighted by Crippen LogP contribution is 2.04. The molecule has 0 fully saturated rings. The van der Waals surface area contributed by atoms with Crippen LogP contribution < -0.4 is 0 Å². The molecule has 1 rings (SSSR count). The number of hydrogen-bond donors (Lipinski definition) is 0. The third-order valence-corrected chi connectivity index (χ3v) is 1.51. The first-order valence-electron chi connectivity index (χ1n) is 3.63. The van der Waals surface area contributed by atoms with Crippen molar-refractivity contribution in [2.75, 3.05) is 0 Å². The summed E-state index contributed by atoms with van der Waals surface area (Å²) in [5.74, 6) is 5.99. The van der Waals surface area contributed by atoms with E-state index in [1.165, 1.54) is 0 Å². The fourth-order valence-electron chi connectivity index (χ4n) is 0.842. The lowest BCUT2D eigenvalue weighted by molar-refractivity contribution is -0.113. The average molecular weight is 146 g/mol. The summed E-state index contributed by atoms with van der Waals surface area (Å²) in [4.78, 5) is 10.9. The van der Waals surface area contributed by atoms with Crippen LogP contribution in [0, 0.1) is 11.8 Å². The van der Waals surface area contributed by atoms with Crippen molar-refractivity contribution in [1.82, 2.24) is 0 Å². The van der Waals surface area contributed by atoms with E-state index < -0.39 is 0 Å². The minimum atomic E-state index is 0.117. The maximum absolute atomic E-state index is 10.9. The van der Waals surface area contributed by atoms with Gasteiger partial charge < -0.3 is 0 Å². The van der Waals surface area contributed by atoms with Gasteiger partial charge >= 0.3 is 0 Å². The molecule has 0 heterocycles. The molecular weight excluding hydrogens is 136 g/mol. The van der Waals surface area contributed by atoms with E-state index >= 15 is 0 Å². The quantitative estimate of drug-likeness (QED) is 0.516. The van der Waals surface area contributed by atoms with E-state index in [4.69, 9.17) is 0 Å². The minimum Gasteiger partial charge on any atom is -0.295 e. The van der Waals surface area contributed by atoms with E-state index in [0.29, 0.717) is 6.42 Å². The fourth-order valence-corrected chi connectivity index (χ4v) is 0.842. The van der Waals surface area contributed by atoms with Gasteiger partial charge in [-0.1, -0.05) is 30.1 Å². The van der Waals surface area contributed by atoms with Crippen LogP contribution >= 0.6 is 0 Å². The maximum Gasteiger partial charge on any atom is 0.156 e. The Bertz CT molecular complexity index is 271. The summed E-state index contributed by atoms with van der Waals surface area (Å²) in [5.41, 5.74) is 0.799. The zero-order valence-electron chi connectivity index (χ0n) is 6.55. The Balaban J connectivity index is 2.80. The minimum absolute atomic E-state index is 0.117. The van der Waals surface area contributed by atoms with E-state index in [1.54, 1.807) is 6.92 Å². The number of allylic oxidation sites excluding steroid dienone is 4. The van der Waals surface area contributed by atoms with Crippen molar-refractivity contribution in [2.45, 2.75) is 19.8 Å². The lowest BCUT2D eigenvalue weighted by atomic mass is 10.1. The fraction of sp³-hybridized carbons (Fsp3) is 0.300. The summed E-state index contributed by atoms with van der Waals surface area (Å²) in [6.45, 7) is 1.57. The van der Waals surface area contributed by atoms with Gasteiger partial charge in [0.15, 0.2) is 5.78 Å². The van der Waals surface area contributed by atoms with Crippen LogP contribution in [-0.4, -0.2) is 5.78 Å². The Hall–Kier alpha value is -1.29. The van der Waals surface area contributed by atoms with Gasteiger partial charge in [-0.05, 0) is 6.92 Å². The van der Waals surface area contributed by atoms with Gasteiger partial charge in [-0.15, -0.1) is 0 Å². The molecular formula is C10H10O. The van der Waals surface area contributed by atoms with Gasteiger partial charge in [0, 0.05) is 18.4 Å². The molecule has 0 bridgehead atoms. The Morgan fingerprint density at radius 3 is 3.09 bits per heavy atom. The van der Waals surface area contributed by atoms with Crippen molar-refractivity contribution in [3.8, 4) is 11.8 Å². The average Bonchev–Trinajstić information content (AvgIpc) is 1.84. The van der Waals surface area contributed by atoms with Crippen molar-refractivity contribution in [2.24, 2.45) is 0 Å². The molecule has 0 N–H and O–H groups in total. The second-order valence-electron chi connectivity index (χ2n) is 2.41. The molecule has 1 heteroatoms. The van der Waals surface area contributed by atoms with Crippen LogP contribution in [0.2, 0.25) is 0 Å². The smallest absolute Gasteiger partial charge is 0.156 e. The van der Waals surface area contributed by atoms with Gasteiger partial charge in [0.1, 0.15) is 0 Å². The lowest BCUT2D eigenvalue weighted by Gasteiger charge is -1.96. The predicted octanol–water partition coefficient (Wildman–Crippen LogP) is 1.86. The summed E-state index contributed by atoms with van der Waals surface area (Å²) in [5, 5.41) is 0. The molecule has 0 amide bonds.